The predicted octanol–water partition coefficient (Wildman–Crippen LogP) is 5.78. The molecule has 0 radical (unpaired) electrons. The zero-order valence-corrected chi connectivity index (χ0v) is 14.0. The van der Waals surface area contributed by atoms with Crippen LogP contribution in [0.1, 0.15) is 45.5 Å². The average Bonchev–Trinajstić information content (AvgIpc) is 3.20. The van der Waals surface area contributed by atoms with E-state index in [1.165, 1.54) is 40.7 Å². The molecule has 0 saturated heterocycles. The number of alkyl halides is 1. The van der Waals surface area contributed by atoms with E-state index in [-0.39, 0.29) is 0 Å². The van der Waals surface area contributed by atoms with Crippen LogP contribution in [0.15, 0.2) is 42.5 Å². The lowest BCUT2D eigenvalue weighted by atomic mass is 9.85. The summed E-state index contributed by atoms with van der Waals surface area (Å²) in [5.74, 6) is 0. The Balaban J connectivity index is 2.04. The summed E-state index contributed by atoms with van der Waals surface area (Å²) in [5, 5.41) is 0. The van der Waals surface area contributed by atoms with Crippen LogP contribution < -0.4 is 0 Å². The summed E-state index contributed by atoms with van der Waals surface area (Å²) in [5.41, 5.74) is 7.43. The molecule has 0 nitrogen and oxygen atoms in total. The molecule has 1 heteroatoms. The van der Waals surface area contributed by atoms with Crippen molar-refractivity contribution in [2.45, 2.75) is 43.9 Å². The first-order chi connectivity index (χ1) is 9.54. The Hall–Kier alpha value is -1.08. The third-order valence-electron chi connectivity index (χ3n) is 4.61. The number of hydrogen-bond donors (Lipinski definition) is 0. The quantitative estimate of drug-likeness (QED) is 0.626. The second kappa shape index (κ2) is 5.04. The highest BCUT2D eigenvalue weighted by Gasteiger charge is 2.50. The molecule has 1 aliphatic rings. The Morgan fingerprint density at radius 3 is 2.00 bits per heavy atom. The van der Waals surface area contributed by atoms with Crippen molar-refractivity contribution in [3.8, 4) is 0 Å². The molecule has 0 bridgehead atoms. The van der Waals surface area contributed by atoms with E-state index in [9.17, 15) is 0 Å². The molecule has 0 spiro atoms. The zero-order valence-electron chi connectivity index (χ0n) is 12.4. The van der Waals surface area contributed by atoms with Crippen molar-refractivity contribution in [1.82, 2.24) is 0 Å². The van der Waals surface area contributed by atoms with Crippen LogP contribution in [0.3, 0.4) is 0 Å². The molecule has 2 aromatic rings. The van der Waals surface area contributed by atoms with E-state index in [0.717, 1.165) is 0 Å². The predicted molar refractivity (Wildman–Crippen MR) is 89.7 cm³/mol. The van der Waals surface area contributed by atoms with E-state index < -0.39 is 0 Å². The van der Waals surface area contributed by atoms with Crippen LogP contribution in [-0.4, -0.2) is 0 Å². The van der Waals surface area contributed by atoms with Crippen molar-refractivity contribution in [1.29, 1.82) is 0 Å². The van der Waals surface area contributed by atoms with Gasteiger partial charge >= 0.3 is 0 Å². The molecule has 1 unspecified atom stereocenters. The van der Waals surface area contributed by atoms with Crippen molar-refractivity contribution < 1.29 is 0 Å². The van der Waals surface area contributed by atoms with Gasteiger partial charge in [0, 0.05) is 10.2 Å². The van der Waals surface area contributed by atoms with E-state index in [1.54, 1.807) is 0 Å². The highest BCUT2D eigenvalue weighted by atomic mass is 79.9. The van der Waals surface area contributed by atoms with Gasteiger partial charge in [-0.2, -0.15) is 0 Å². The molecule has 1 atom stereocenters. The fourth-order valence-corrected chi connectivity index (χ4v) is 4.90. The average molecular weight is 329 g/mol. The zero-order chi connectivity index (χ0) is 14.3. The third-order valence-corrected chi connectivity index (χ3v) is 5.95. The molecule has 0 aromatic heterocycles. The van der Waals surface area contributed by atoms with Gasteiger partial charge in [0.2, 0.25) is 0 Å². The number of benzene rings is 2. The molecule has 1 aliphatic carbocycles. The molecule has 3 rings (SSSR count). The Kier molecular flexibility index (Phi) is 3.50. The van der Waals surface area contributed by atoms with E-state index >= 15 is 0 Å². The third kappa shape index (κ3) is 2.22. The molecule has 0 N–H and O–H groups in total. The monoisotopic (exact) mass is 328 g/mol. The largest absolute Gasteiger partial charge is 0.0829 e. The highest BCUT2D eigenvalue weighted by molar-refractivity contribution is 9.09. The van der Waals surface area contributed by atoms with E-state index in [2.05, 4.69) is 79.2 Å². The molecule has 20 heavy (non-hydrogen) atoms. The van der Waals surface area contributed by atoms with Crippen molar-refractivity contribution in [3.05, 3.63) is 70.3 Å². The summed E-state index contributed by atoms with van der Waals surface area (Å²) in [6.45, 7) is 6.66. The number of rotatable bonds is 3. The van der Waals surface area contributed by atoms with Crippen molar-refractivity contribution >= 4 is 15.9 Å². The minimum atomic E-state index is 0.298. The minimum Gasteiger partial charge on any atom is -0.0829 e. The van der Waals surface area contributed by atoms with Gasteiger partial charge in [0.1, 0.15) is 0 Å². The first-order valence-electron chi connectivity index (χ1n) is 7.32. The summed E-state index contributed by atoms with van der Waals surface area (Å²) in [6.07, 6.45) is 2.55. The molecule has 1 fully saturated rings. The summed E-state index contributed by atoms with van der Waals surface area (Å²) < 4.78 is 0. The van der Waals surface area contributed by atoms with Gasteiger partial charge < -0.3 is 0 Å². The maximum absolute atomic E-state index is 4.03. The van der Waals surface area contributed by atoms with E-state index in [4.69, 9.17) is 0 Å². The first-order valence-corrected chi connectivity index (χ1v) is 8.23. The molecule has 104 valence electrons. The summed E-state index contributed by atoms with van der Waals surface area (Å²) in [7, 11) is 0. The van der Waals surface area contributed by atoms with E-state index in [0.29, 0.717) is 10.2 Å². The van der Waals surface area contributed by atoms with Gasteiger partial charge in [-0.3, -0.25) is 0 Å². The van der Waals surface area contributed by atoms with Crippen LogP contribution in [0.2, 0.25) is 0 Å². The first kappa shape index (κ1) is 13.9. The van der Waals surface area contributed by atoms with Crippen molar-refractivity contribution in [3.63, 3.8) is 0 Å². The molecular formula is C19H21Br. The fraction of sp³-hybridized carbons (Fsp3) is 0.368. The Labute approximate surface area is 130 Å². The Morgan fingerprint density at radius 2 is 1.50 bits per heavy atom. The van der Waals surface area contributed by atoms with Gasteiger partial charge in [0.25, 0.3) is 0 Å². The molecule has 0 amide bonds. The summed E-state index contributed by atoms with van der Waals surface area (Å²) in [6, 6.07) is 15.6. The molecule has 0 heterocycles. The number of aryl methyl sites for hydroxylation is 3. The van der Waals surface area contributed by atoms with Gasteiger partial charge in [0.15, 0.2) is 0 Å². The lowest BCUT2D eigenvalue weighted by molar-refractivity contribution is 0.675. The van der Waals surface area contributed by atoms with Crippen molar-refractivity contribution in [2.75, 3.05) is 0 Å². The molecular weight excluding hydrogens is 308 g/mol. The Bertz CT molecular complexity index is 600. The van der Waals surface area contributed by atoms with Crippen LogP contribution in [0, 0.1) is 20.8 Å². The summed E-state index contributed by atoms with van der Waals surface area (Å²) in [4.78, 5) is 0.415. The lowest BCUT2D eigenvalue weighted by Gasteiger charge is -2.26. The topological polar surface area (TPSA) is 0 Å². The van der Waals surface area contributed by atoms with Gasteiger partial charge in [-0.05, 0) is 55.9 Å². The second-order valence-corrected chi connectivity index (χ2v) is 7.11. The smallest absolute Gasteiger partial charge is 0.0497 e. The van der Waals surface area contributed by atoms with Gasteiger partial charge in [-0.15, -0.1) is 0 Å². The van der Waals surface area contributed by atoms with Crippen LogP contribution in [0.4, 0.5) is 0 Å². The van der Waals surface area contributed by atoms with Gasteiger partial charge in [-0.1, -0.05) is 64.0 Å². The standard InChI is InChI=1S/C19H21Br/c1-13-11-14(2)17(15(3)12-13)18(20)19(9-10-19)16-7-5-4-6-8-16/h4-8,11-12,18H,9-10H2,1-3H3. The van der Waals surface area contributed by atoms with Gasteiger partial charge in [0.05, 0.1) is 0 Å². The van der Waals surface area contributed by atoms with Crippen LogP contribution >= 0.6 is 15.9 Å². The maximum Gasteiger partial charge on any atom is 0.0497 e. The second-order valence-electron chi connectivity index (χ2n) is 6.20. The van der Waals surface area contributed by atoms with Gasteiger partial charge in [-0.25, -0.2) is 0 Å². The van der Waals surface area contributed by atoms with Crippen LogP contribution in [0.5, 0.6) is 0 Å². The molecule has 1 saturated carbocycles. The highest BCUT2D eigenvalue weighted by Crippen LogP contribution is 2.60. The SMILES string of the molecule is Cc1cc(C)c(C(Br)C2(c3ccccc3)CC2)c(C)c1. The van der Waals surface area contributed by atoms with Crippen molar-refractivity contribution in [2.24, 2.45) is 0 Å². The number of halogens is 1. The van der Waals surface area contributed by atoms with E-state index in [1.807, 2.05) is 0 Å². The normalized spacial score (nSPS) is 17.8. The summed E-state index contributed by atoms with van der Waals surface area (Å²) >= 11 is 4.03. The molecule has 2 aromatic carbocycles. The minimum absolute atomic E-state index is 0.298. The Morgan fingerprint density at radius 1 is 0.950 bits per heavy atom. The fourth-order valence-electron chi connectivity index (χ4n) is 3.46. The van der Waals surface area contributed by atoms with Crippen LogP contribution in [0.25, 0.3) is 0 Å². The maximum atomic E-state index is 4.03. The van der Waals surface area contributed by atoms with Crippen LogP contribution in [-0.2, 0) is 5.41 Å². The lowest BCUT2D eigenvalue weighted by Crippen LogP contribution is -2.15. The molecule has 0 aliphatic heterocycles. The number of hydrogen-bond acceptors (Lipinski definition) is 0.